The van der Waals surface area contributed by atoms with E-state index in [2.05, 4.69) is 0 Å². The second-order valence-corrected chi connectivity index (χ2v) is 9.84. The molecule has 1 aromatic carbocycles. The number of aromatic nitrogens is 1. The zero-order valence-corrected chi connectivity index (χ0v) is 18.0. The fourth-order valence-corrected chi connectivity index (χ4v) is 5.75. The molecule has 0 unspecified atom stereocenters. The summed E-state index contributed by atoms with van der Waals surface area (Å²) in [6.07, 6.45) is -0.873. The maximum absolute atomic E-state index is 13.0. The molecule has 0 spiro atoms. The van der Waals surface area contributed by atoms with Gasteiger partial charge in [-0.1, -0.05) is 0 Å². The molecular weight excluding hydrogens is 447 g/mol. The van der Waals surface area contributed by atoms with Gasteiger partial charge in [0.2, 0.25) is 15.9 Å². The smallest absolute Gasteiger partial charge is 0.311 e. The van der Waals surface area contributed by atoms with Gasteiger partial charge >= 0.3 is 6.18 Å². The summed E-state index contributed by atoms with van der Waals surface area (Å²) in [5.74, 6) is -0.539. The van der Waals surface area contributed by atoms with Crippen LogP contribution in [0.25, 0.3) is 0 Å². The van der Waals surface area contributed by atoms with Crippen LogP contribution >= 0.6 is 0 Å². The summed E-state index contributed by atoms with van der Waals surface area (Å²) >= 11 is 0. The number of amides is 1. The number of hydrogen-bond donors (Lipinski definition) is 0. The Hall–Kier alpha value is -2.66. The van der Waals surface area contributed by atoms with E-state index in [1.807, 2.05) is 0 Å². The summed E-state index contributed by atoms with van der Waals surface area (Å²) in [5.41, 5.74) is -1.41. The number of sulfonamides is 1. The zero-order chi connectivity index (χ0) is 23.1. The van der Waals surface area contributed by atoms with Gasteiger partial charge in [-0.3, -0.25) is 9.59 Å². The average molecular weight is 469 g/mol. The van der Waals surface area contributed by atoms with E-state index in [0.29, 0.717) is 49.8 Å². The van der Waals surface area contributed by atoms with Gasteiger partial charge < -0.3 is 9.47 Å². The highest BCUT2D eigenvalue weighted by Gasteiger charge is 2.35. The van der Waals surface area contributed by atoms with Crippen LogP contribution in [0.15, 0.2) is 46.2 Å². The van der Waals surface area contributed by atoms with Crippen molar-refractivity contribution < 1.29 is 26.4 Å². The van der Waals surface area contributed by atoms with E-state index in [9.17, 15) is 31.2 Å². The van der Waals surface area contributed by atoms with Crippen molar-refractivity contribution in [1.29, 1.82) is 0 Å². The molecule has 32 heavy (non-hydrogen) atoms. The van der Waals surface area contributed by atoms with E-state index in [0.717, 1.165) is 29.7 Å². The largest absolute Gasteiger partial charge is 0.421 e. The van der Waals surface area contributed by atoms with Gasteiger partial charge in [0, 0.05) is 31.5 Å². The number of carbonyl (C=O) groups excluding carboxylic acids is 1. The Morgan fingerprint density at radius 1 is 1.03 bits per heavy atom. The topological polar surface area (TPSA) is 79.7 Å². The lowest BCUT2D eigenvalue weighted by Crippen LogP contribution is -2.40. The van der Waals surface area contributed by atoms with E-state index in [1.165, 1.54) is 15.3 Å². The third-order valence-electron chi connectivity index (χ3n) is 5.80. The molecule has 172 valence electrons. The van der Waals surface area contributed by atoms with Gasteiger partial charge in [0.15, 0.2) is 0 Å². The summed E-state index contributed by atoms with van der Waals surface area (Å²) < 4.78 is 66.9. The second-order valence-electron chi connectivity index (χ2n) is 7.90. The first kappa shape index (κ1) is 22.5. The molecule has 0 saturated carbocycles. The van der Waals surface area contributed by atoms with E-state index in [1.54, 1.807) is 12.1 Å². The highest BCUT2D eigenvalue weighted by molar-refractivity contribution is 7.89. The number of hydrogen-bond acceptors (Lipinski definition) is 4. The standard InChI is InChI=1S/C21H22F3N3O4S/c22-21(23,24)17-6-4-9-25(20(17)29)14-19(28)27-12-3-5-15-13-16(7-8-18(15)27)32(30,31)26-10-1-2-11-26/h4,6-9,13H,1-3,5,10-12,14H2. The number of alkyl halides is 3. The van der Waals surface area contributed by atoms with Crippen molar-refractivity contribution >= 4 is 21.6 Å². The van der Waals surface area contributed by atoms with Gasteiger partial charge in [0.05, 0.1) is 4.90 Å². The first-order valence-corrected chi connectivity index (χ1v) is 11.7. The SMILES string of the molecule is O=C(Cn1cccc(C(F)(F)F)c1=O)N1CCCc2cc(S(=O)(=O)N3CCCC3)ccc21. The Morgan fingerprint density at radius 2 is 1.75 bits per heavy atom. The fraction of sp³-hybridized carbons (Fsp3) is 0.429. The summed E-state index contributed by atoms with van der Waals surface area (Å²) in [7, 11) is -3.60. The second kappa shape index (κ2) is 8.36. The van der Waals surface area contributed by atoms with E-state index < -0.39 is 39.8 Å². The predicted molar refractivity (Wildman–Crippen MR) is 111 cm³/mol. The Kier molecular flexibility index (Phi) is 5.89. The van der Waals surface area contributed by atoms with Gasteiger partial charge in [-0.2, -0.15) is 17.5 Å². The van der Waals surface area contributed by atoms with Gasteiger partial charge in [0.1, 0.15) is 12.1 Å². The monoisotopic (exact) mass is 469 g/mol. The molecule has 3 heterocycles. The van der Waals surface area contributed by atoms with Crippen molar-refractivity contribution in [2.75, 3.05) is 24.5 Å². The van der Waals surface area contributed by atoms with E-state index in [4.69, 9.17) is 0 Å². The maximum atomic E-state index is 13.0. The normalized spacial score (nSPS) is 17.4. The summed E-state index contributed by atoms with van der Waals surface area (Å²) in [6.45, 7) is 0.749. The lowest BCUT2D eigenvalue weighted by Gasteiger charge is -2.30. The van der Waals surface area contributed by atoms with Crippen LogP contribution in [0.2, 0.25) is 0 Å². The Labute approximate surface area is 183 Å². The Morgan fingerprint density at radius 3 is 2.44 bits per heavy atom. The summed E-state index contributed by atoms with van der Waals surface area (Å²) in [5, 5.41) is 0. The molecule has 0 radical (unpaired) electrons. The van der Waals surface area contributed by atoms with Crippen LogP contribution in [-0.4, -0.2) is 42.8 Å². The van der Waals surface area contributed by atoms with Crippen LogP contribution in [0.5, 0.6) is 0 Å². The summed E-state index contributed by atoms with van der Waals surface area (Å²) in [4.78, 5) is 26.6. The minimum atomic E-state index is -4.81. The van der Waals surface area contributed by atoms with Crippen LogP contribution in [0, 0.1) is 0 Å². The number of aryl methyl sites for hydroxylation is 1. The minimum Gasteiger partial charge on any atom is -0.311 e. The Balaban J connectivity index is 1.60. The molecule has 4 rings (SSSR count). The van der Waals surface area contributed by atoms with Gasteiger partial charge in [-0.05, 0) is 61.6 Å². The number of anilines is 1. The molecule has 0 bridgehead atoms. The number of fused-ring (bicyclic) bond motifs is 1. The van der Waals surface area contributed by atoms with Crippen LogP contribution < -0.4 is 10.5 Å². The quantitative estimate of drug-likeness (QED) is 0.690. The molecule has 0 N–H and O–H groups in total. The number of nitrogens with zero attached hydrogens (tertiary/aromatic N) is 3. The van der Waals surface area contributed by atoms with Gasteiger partial charge in [-0.15, -0.1) is 0 Å². The molecule has 0 aliphatic carbocycles. The number of benzene rings is 1. The molecule has 1 fully saturated rings. The molecule has 0 atom stereocenters. The zero-order valence-electron chi connectivity index (χ0n) is 17.1. The number of pyridine rings is 1. The highest BCUT2D eigenvalue weighted by atomic mass is 32.2. The molecule has 1 amide bonds. The van der Waals surface area contributed by atoms with Crippen molar-refractivity contribution in [2.45, 2.75) is 43.3 Å². The first-order valence-electron chi connectivity index (χ1n) is 10.3. The van der Waals surface area contributed by atoms with E-state index >= 15 is 0 Å². The van der Waals surface area contributed by atoms with Crippen molar-refractivity contribution in [2.24, 2.45) is 0 Å². The van der Waals surface area contributed by atoms with Crippen molar-refractivity contribution in [1.82, 2.24) is 8.87 Å². The average Bonchev–Trinajstić information content (AvgIpc) is 3.29. The van der Waals surface area contributed by atoms with Crippen molar-refractivity contribution in [3.63, 3.8) is 0 Å². The molecule has 2 aromatic rings. The third-order valence-corrected chi connectivity index (χ3v) is 7.70. The molecule has 1 aromatic heterocycles. The third kappa shape index (κ3) is 4.18. The number of halogens is 3. The maximum Gasteiger partial charge on any atom is 0.421 e. The van der Waals surface area contributed by atoms with Crippen molar-refractivity contribution in [3.05, 3.63) is 58.0 Å². The molecule has 2 aliphatic heterocycles. The molecular formula is C21H22F3N3O4S. The van der Waals surface area contributed by atoms with Gasteiger partial charge in [-0.25, -0.2) is 8.42 Å². The fourth-order valence-electron chi connectivity index (χ4n) is 4.18. The minimum absolute atomic E-state index is 0.168. The van der Waals surface area contributed by atoms with Crippen LogP contribution in [-0.2, 0) is 34.0 Å². The number of carbonyl (C=O) groups is 1. The van der Waals surface area contributed by atoms with Crippen LogP contribution in [0.1, 0.15) is 30.4 Å². The van der Waals surface area contributed by atoms with Crippen molar-refractivity contribution in [3.8, 4) is 0 Å². The first-order chi connectivity index (χ1) is 15.1. The van der Waals surface area contributed by atoms with E-state index in [-0.39, 0.29) is 4.90 Å². The van der Waals surface area contributed by atoms with Gasteiger partial charge in [0.25, 0.3) is 5.56 Å². The molecule has 11 heteroatoms. The molecule has 7 nitrogen and oxygen atoms in total. The lowest BCUT2D eigenvalue weighted by molar-refractivity contribution is -0.139. The molecule has 2 aliphatic rings. The predicted octanol–water partition coefficient (Wildman–Crippen LogP) is 2.63. The highest BCUT2D eigenvalue weighted by Crippen LogP contribution is 2.31. The van der Waals surface area contributed by atoms with Crippen LogP contribution in [0.4, 0.5) is 18.9 Å². The molecule has 1 saturated heterocycles. The van der Waals surface area contributed by atoms with Crippen LogP contribution in [0.3, 0.4) is 0 Å². The lowest BCUT2D eigenvalue weighted by atomic mass is 10.0. The summed E-state index contributed by atoms with van der Waals surface area (Å²) in [6, 6.07) is 6.34. The number of rotatable bonds is 4. The Bertz CT molecular complexity index is 1200.